The molecule has 50 heavy (non-hydrogen) atoms. The number of unbranched alkanes of at least 4 members (excludes halogenated alkanes) is 2. The molecule has 0 bridgehead atoms. The van der Waals surface area contributed by atoms with Gasteiger partial charge >= 0.3 is 0 Å². The van der Waals surface area contributed by atoms with E-state index >= 15 is 0 Å². The molecule has 2 aliphatic rings. The third kappa shape index (κ3) is 9.65. The van der Waals surface area contributed by atoms with Gasteiger partial charge in [0.15, 0.2) is 0 Å². The highest BCUT2D eigenvalue weighted by Gasteiger charge is 2.21. The van der Waals surface area contributed by atoms with Crippen LogP contribution in [0.15, 0.2) is 103 Å². The lowest BCUT2D eigenvalue weighted by atomic mass is 10.0. The van der Waals surface area contributed by atoms with Crippen molar-refractivity contribution in [3.8, 4) is 56.9 Å². The van der Waals surface area contributed by atoms with Crippen molar-refractivity contribution < 1.29 is 28.4 Å². The molecule has 2 aliphatic heterocycles. The van der Waals surface area contributed by atoms with Crippen LogP contribution in [0.2, 0.25) is 0 Å². The molecule has 2 saturated heterocycles. The van der Waals surface area contributed by atoms with E-state index in [0.29, 0.717) is 23.8 Å². The van der Waals surface area contributed by atoms with Crippen LogP contribution in [0.4, 0.5) is 0 Å². The standard InChI is InChI=1S/C43H45NO6/c1-30-25-34(32-9-15-36(16-10-32)45-23-5-3-7-39-28-47-39)13-19-41(30)49-38-21-22-44-43(27-38)50-42-20-14-35(26-31(42)2)33-11-17-37(18-12-33)46-24-6-4-8-40-29-48-40/h9-22,25-27,39-40H,3-8,23-24,28-29H2,1-2H3. The highest BCUT2D eigenvalue weighted by Crippen LogP contribution is 2.34. The lowest BCUT2D eigenvalue weighted by Gasteiger charge is -2.13. The molecule has 2 atom stereocenters. The first-order valence-corrected chi connectivity index (χ1v) is 17.8. The van der Waals surface area contributed by atoms with Gasteiger partial charge in [-0.05, 0) is 140 Å². The van der Waals surface area contributed by atoms with Crippen molar-refractivity contribution in [3.63, 3.8) is 0 Å². The van der Waals surface area contributed by atoms with Gasteiger partial charge in [-0.2, -0.15) is 0 Å². The Morgan fingerprint density at radius 1 is 0.540 bits per heavy atom. The van der Waals surface area contributed by atoms with Crippen molar-refractivity contribution in [2.45, 2.75) is 64.6 Å². The number of rotatable bonds is 18. The van der Waals surface area contributed by atoms with Gasteiger partial charge in [0.25, 0.3) is 0 Å². The van der Waals surface area contributed by atoms with Crippen molar-refractivity contribution in [2.24, 2.45) is 0 Å². The summed E-state index contributed by atoms with van der Waals surface area (Å²) in [6.07, 6.45) is 9.33. The second-order valence-corrected chi connectivity index (χ2v) is 13.1. The molecular formula is C43H45NO6. The second-order valence-electron chi connectivity index (χ2n) is 13.1. The molecule has 7 rings (SSSR count). The van der Waals surface area contributed by atoms with E-state index in [9.17, 15) is 0 Å². The van der Waals surface area contributed by atoms with E-state index < -0.39 is 0 Å². The van der Waals surface area contributed by atoms with Crippen molar-refractivity contribution in [1.29, 1.82) is 0 Å². The normalized spacial score (nSPS) is 16.1. The summed E-state index contributed by atoms with van der Waals surface area (Å²) in [5.41, 5.74) is 6.54. The van der Waals surface area contributed by atoms with Crippen LogP contribution in [0.25, 0.3) is 22.3 Å². The van der Waals surface area contributed by atoms with E-state index in [1.807, 2.05) is 55.5 Å². The summed E-state index contributed by atoms with van der Waals surface area (Å²) in [6, 6.07) is 32.6. The Morgan fingerprint density at radius 2 is 1.02 bits per heavy atom. The largest absolute Gasteiger partial charge is 0.494 e. The molecule has 0 amide bonds. The topological polar surface area (TPSA) is 74.9 Å². The first-order valence-electron chi connectivity index (χ1n) is 17.8. The highest BCUT2D eigenvalue weighted by atomic mass is 16.6. The number of aryl methyl sites for hydroxylation is 2. The zero-order valence-electron chi connectivity index (χ0n) is 28.9. The molecule has 0 spiro atoms. The Balaban J connectivity index is 0.910. The number of ether oxygens (including phenoxy) is 6. The number of hydrogen-bond acceptors (Lipinski definition) is 7. The highest BCUT2D eigenvalue weighted by molar-refractivity contribution is 5.67. The SMILES string of the molecule is Cc1cc(-c2ccc(OCCCCC3CO3)cc2)ccc1Oc1ccnc(Oc2ccc(-c3ccc(OCCCCC4CO4)cc3)cc2C)c1. The molecular weight excluding hydrogens is 626 g/mol. The smallest absolute Gasteiger partial charge is 0.222 e. The van der Waals surface area contributed by atoms with Crippen LogP contribution < -0.4 is 18.9 Å². The average molecular weight is 672 g/mol. The lowest BCUT2D eigenvalue weighted by Crippen LogP contribution is -1.98. The van der Waals surface area contributed by atoms with Crippen LogP contribution in [0.1, 0.15) is 49.7 Å². The minimum absolute atomic E-state index is 0.470. The van der Waals surface area contributed by atoms with Crippen LogP contribution in [0.3, 0.4) is 0 Å². The van der Waals surface area contributed by atoms with E-state index in [1.165, 1.54) is 0 Å². The summed E-state index contributed by atoms with van der Waals surface area (Å²) in [7, 11) is 0. The van der Waals surface area contributed by atoms with Crippen molar-refractivity contribution in [3.05, 3.63) is 114 Å². The number of hydrogen-bond donors (Lipinski definition) is 0. The van der Waals surface area contributed by atoms with Gasteiger partial charge in [0.1, 0.15) is 28.7 Å². The Morgan fingerprint density at radius 3 is 1.50 bits per heavy atom. The maximum Gasteiger partial charge on any atom is 0.222 e. The summed E-state index contributed by atoms with van der Waals surface area (Å²) in [6.45, 7) is 7.41. The van der Waals surface area contributed by atoms with Crippen LogP contribution in [-0.4, -0.2) is 43.6 Å². The summed E-state index contributed by atoms with van der Waals surface area (Å²) in [5.74, 6) is 4.44. The Kier molecular flexibility index (Phi) is 10.9. The minimum atomic E-state index is 0.470. The molecule has 1 aromatic heterocycles. The maximum absolute atomic E-state index is 6.28. The molecule has 0 radical (unpaired) electrons. The van der Waals surface area contributed by atoms with Crippen molar-refractivity contribution >= 4 is 0 Å². The van der Waals surface area contributed by atoms with Gasteiger partial charge in [-0.1, -0.05) is 36.4 Å². The fourth-order valence-electron chi connectivity index (χ4n) is 5.92. The second kappa shape index (κ2) is 16.2. The van der Waals surface area contributed by atoms with E-state index in [0.717, 1.165) is 121 Å². The molecule has 3 heterocycles. The molecule has 7 nitrogen and oxygen atoms in total. The average Bonchev–Trinajstić information content (AvgIpc) is 4.08. The Labute approximate surface area is 295 Å². The minimum Gasteiger partial charge on any atom is -0.494 e. The predicted molar refractivity (Wildman–Crippen MR) is 196 cm³/mol. The zero-order valence-corrected chi connectivity index (χ0v) is 28.9. The van der Waals surface area contributed by atoms with Crippen molar-refractivity contribution in [2.75, 3.05) is 26.4 Å². The summed E-state index contributed by atoms with van der Waals surface area (Å²) in [4.78, 5) is 4.44. The summed E-state index contributed by atoms with van der Waals surface area (Å²) < 4.78 is 34.9. The predicted octanol–water partition coefficient (Wildman–Crippen LogP) is 10.5. The monoisotopic (exact) mass is 671 g/mol. The molecule has 0 N–H and O–H groups in total. The molecule has 0 aliphatic carbocycles. The number of benzene rings is 4. The van der Waals surface area contributed by atoms with Gasteiger partial charge in [0, 0.05) is 12.3 Å². The van der Waals surface area contributed by atoms with Gasteiger partial charge in [-0.15, -0.1) is 0 Å². The fourth-order valence-corrected chi connectivity index (χ4v) is 5.92. The van der Waals surface area contributed by atoms with Crippen LogP contribution in [0, 0.1) is 13.8 Å². The van der Waals surface area contributed by atoms with Crippen LogP contribution in [-0.2, 0) is 9.47 Å². The molecule has 2 unspecified atom stereocenters. The van der Waals surface area contributed by atoms with Gasteiger partial charge in [-0.25, -0.2) is 4.98 Å². The first kappa shape index (κ1) is 33.6. The number of epoxide rings is 2. The first-order chi connectivity index (χ1) is 24.6. The lowest BCUT2D eigenvalue weighted by molar-refractivity contribution is 0.299. The van der Waals surface area contributed by atoms with Crippen molar-refractivity contribution in [1.82, 2.24) is 4.98 Å². The van der Waals surface area contributed by atoms with Gasteiger partial charge < -0.3 is 28.4 Å². The van der Waals surface area contributed by atoms with Gasteiger partial charge in [-0.3, -0.25) is 0 Å². The number of pyridine rings is 1. The van der Waals surface area contributed by atoms with Crippen LogP contribution >= 0.6 is 0 Å². The van der Waals surface area contributed by atoms with E-state index in [1.54, 1.807) is 6.20 Å². The molecule has 258 valence electrons. The van der Waals surface area contributed by atoms with E-state index in [-0.39, 0.29) is 0 Å². The molecule has 4 aromatic carbocycles. The Hall–Kier alpha value is -4.85. The third-order valence-corrected chi connectivity index (χ3v) is 9.06. The third-order valence-electron chi connectivity index (χ3n) is 9.06. The molecule has 0 saturated carbocycles. The van der Waals surface area contributed by atoms with Gasteiger partial charge in [0.05, 0.1) is 38.6 Å². The maximum atomic E-state index is 6.28. The summed E-state index contributed by atoms with van der Waals surface area (Å²) >= 11 is 0. The number of aromatic nitrogens is 1. The van der Waals surface area contributed by atoms with Gasteiger partial charge in [0.2, 0.25) is 5.88 Å². The van der Waals surface area contributed by atoms with E-state index in [2.05, 4.69) is 60.4 Å². The fraction of sp³-hybridized carbons (Fsp3) is 0.326. The quantitative estimate of drug-likeness (QED) is 0.0678. The zero-order chi connectivity index (χ0) is 34.1. The van der Waals surface area contributed by atoms with E-state index in [4.69, 9.17) is 28.4 Å². The van der Waals surface area contributed by atoms with Crippen LogP contribution in [0.5, 0.6) is 34.6 Å². The molecule has 5 aromatic rings. The molecule has 2 fully saturated rings. The summed E-state index contributed by atoms with van der Waals surface area (Å²) in [5, 5.41) is 0. The number of nitrogens with zero attached hydrogens (tertiary/aromatic N) is 1. The Bertz CT molecular complexity index is 1720. The molecule has 7 heteroatoms.